The highest BCUT2D eigenvalue weighted by Crippen LogP contribution is 2.44. The lowest BCUT2D eigenvalue weighted by Gasteiger charge is -2.22. The van der Waals surface area contributed by atoms with Crippen LogP contribution in [0.25, 0.3) is 0 Å². The summed E-state index contributed by atoms with van der Waals surface area (Å²) >= 11 is 7.68. The van der Waals surface area contributed by atoms with Gasteiger partial charge in [0, 0.05) is 27.3 Å². The highest BCUT2D eigenvalue weighted by atomic mass is 35.5. The third kappa shape index (κ3) is 4.04. The Morgan fingerprint density at radius 2 is 1.80 bits per heavy atom. The Balaban J connectivity index is 1.31. The van der Waals surface area contributed by atoms with Gasteiger partial charge in [-0.3, -0.25) is 4.79 Å². The Labute approximate surface area is 158 Å². The highest BCUT2D eigenvalue weighted by molar-refractivity contribution is 7.98. The van der Waals surface area contributed by atoms with Crippen molar-refractivity contribution in [2.75, 3.05) is 0 Å². The van der Waals surface area contributed by atoms with Crippen LogP contribution in [-0.4, -0.2) is 11.9 Å². The van der Waals surface area contributed by atoms with Crippen LogP contribution in [0.2, 0.25) is 5.02 Å². The Hall–Kier alpha value is -1.45. The van der Waals surface area contributed by atoms with E-state index in [-0.39, 0.29) is 5.91 Å². The monoisotopic (exact) mass is 371 g/mol. The molecule has 2 fully saturated rings. The molecule has 2 bridgehead atoms. The van der Waals surface area contributed by atoms with Gasteiger partial charge in [-0.25, -0.2) is 0 Å². The molecule has 0 heterocycles. The molecule has 2 saturated carbocycles. The number of carbonyl (C=O) groups excluding carboxylic acids is 1. The van der Waals surface area contributed by atoms with Crippen molar-refractivity contribution in [2.45, 2.75) is 42.4 Å². The van der Waals surface area contributed by atoms with Crippen molar-refractivity contribution in [1.29, 1.82) is 0 Å². The number of nitrogens with one attached hydrogen (secondary N) is 1. The molecular weight excluding hydrogens is 350 g/mol. The van der Waals surface area contributed by atoms with Crippen LogP contribution in [0.15, 0.2) is 53.4 Å². The zero-order valence-electron chi connectivity index (χ0n) is 14.1. The van der Waals surface area contributed by atoms with Crippen LogP contribution in [0.1, 0.15) is 41.6 Å². The topological polar surface area (TPSA) is 29.1 Å². The number of hydrogen-bond acceptors (Lipinski definition) is 2. The molecular formula is C21H22ClNOS. The van der Waals surface area contributed by atoms with Crippen molar-refractivity contribution in [3.63, 3.8) is 0 Å². The molecule has 2 aromatic rings. The van der Waals surface area contributed by atoms with Gasteiger partial charge in [0.1, 0.15) is 0 Å². The summed E-state index contributed by atoms with van der Waals surface area (Å²) in [5.41, 5.74) is 1.99. The Morgan fingerprint density at radius 3 is 2.44 bits per heavy atom. The Bertz CT molecular complexity index is 743. The summed E-state index contributed by atoms with van der Waals surface area (Å²) < 4.78 is 0. The van der Waals surface area contributed by atoms with Gasteiger partial charge in [0.2, 0.25) is 0 Å². The van der Waals surface area contributed by atoms with Gasteiger partial charge < -0.3 is 5.32 Å². The van der Waals surface area contributed by atoms with E-state index in [1.54, 1.807) is 11.8 Å². The summed E-state index contributed by atoms with van der Waals surface area (Å²) in [4.78, 5) is 13.7. The van der Waals surface area contributed by atoms with Crippen LogP contribution < -0.4 is 5.32 Å². The van der Waals surface area contributed by atoms with Crippen molar-refractivity contribution in [1.82, 2.24) is 5.32 Å². The molecule has 2 aromatic carbocycles. The summed E-state index contributed by atoms with van der Waals surface area (Å²) in [7, 11) is 0. The first-order valence-electron chi connectivity index (χ1n) is 8.95. The van der Waals surface area contributed by atoms with E-state index in [4.69, 9.17) is 11.6 Å². The molecule has 2 aliphatic carbocycles. The van der Waals surface area contributed by atoms with Crippen LogP contribution in [0.3, 0.4) is 0 Å². The van der Waals surface area contributed by atoms with Crippen molar-refractivity contribution >= 4 is 29.3 Å². The van der Waals surface area contributed by atoms with Gasteiger partial charge >= 0.3 is 0 Å². The van der Waals surface area contributed by atoms with Crippen molar-refractivity contribution in [3.05, 3.63) is 64.7 Å². The van der Waals surface area contributed by atoms with Crippen LogP contribution in [-0.2, 0) is 5.75 Å². The molecule has 0 spiro atoms. The number of carbonyl (C=O) groups is 1. The molecule has 130 valence electrons. The zero-order valence-corrected chi connectivity index (χ0v) is 15.7. The quantitative estimate of drug-likeness (QED) is 0.698. The average Bonchev–Trinajstić information content (AvgIpc) is 3.25. The number of halogens is 1. The summed E-state index contributed by atoms with van der Waals surface area (Å²) in [6, 6.07) is 16.3. The van der Waals surface area contributed by atoms with E-state index in [0.29, 0.717) is 12.0 Å². The fourth-order valence-corrected chi connectivity index (χ4v) is 5.10. The molecule has 0 aromatic heterocycles. The van der Waals surface area contributed by atoms with Gasteiger partial charge in [0.05, 0.1) is 0 Å². The average molecular weight is 372 g/mol. The minimum atomic E-state index is 0.0782. The van der Waals surface area contributed by atoms with Crippen molar-refractivity contribution < 1.29 is 4.79 Å². The summed E-state index contributed by atoms with van der Waals surface area (Å²) in [5, 5.41) is 4.01. The molecule has 2 aliphatic rings. The van der Waals surface area contributed by atoms with E-state index in [2.05, 4.69) is 17.4 Å². The van der Waals surface area contributed by atoms with E-state index < -0.39 is 0 Å². The largest absolute Gasteiger partial charge is 0.349 e. The van der Waals surface area contributed by atoms with Gasteiger partial charge in [-0.15, -0.1) is 11.8 Å². The molecule has 25 heavy (non-hydrogen) atoms. The number of amides is 1. The normalized spacial score (nSPS) is 24.4. The van der Waals surface area contributed by atoms with Crippen LogP contribution in [0, 0.1) is 11.8 Å². The maximum Gasteiger partial charge on any atom is 0.251 e. The van der Waals surface area contributed by atoms with Crippen LogP contribution in [0.4, 0.5) is 0 Å². The van der Waals surface area contributed by atoms with Gasteiger partial charge in [0.15, 0.2) is 0 Å². The third-order valence-corrected chi connectivity index (χ3v) is 6.82. The highest BCUT2D eigenvalue weighted by Gasteiger charge is 2.40. The molecule has 1 amide bonds. The van der Waals surface area contributed by atoms with Gasteiger partial charge in [-0.2, -0.15) is 0 Å². The van der Waals surface area contributed by atoms with Gasteiger partial charge in [0.25, 0.3) is 5.91 Å². The minimum Gasteiger partial charge on any atom is -0.349 e. The van der Waals surface area contributed by atoms with E-state index >= 15 is 0 Å². The smallest absolute Gasteiger partial charge is 0.251 e. The van der Waals surface area contributed by atoms with Crippen molar-refractivity contribution in [3.8, 4) is 0 Å². The SMILES string of the molecule is O=C(NC1CC2CCC1C2)c1ccc(CSc2ccc(Cl)cc2)cc1. The summed E-state index contributed by atoms with van der Waals surface area (Å²) in [5.74, 6) is 2.52. The first kappa shape index (κ1) is 17.0. The van der Waals surface area contributed by atoms with Gasteiger partial charge in [-0.1, -0.05) is 30.2 Å². The fourth-order valence-electron chi connectivity index (χ4n) is 4.12. The lowest BCUT2D eigenvalue weighted by atomic mass is 9.95. The molecule has 2 nitrogen and oxygen atoms in total. The number of benzene rings is 2. The summed E-state index contributed by atoms with van der Waals surface area (Å²) in [6.07, 6.45) is 5.13. The number of thioether (sulfide) groups is 1. The first-order valence-corrected chi connectivity index (χ1v) is 10.3. The number of hydrogen-bond donors (Lipinski definition) is 1. The molecule has 0 saturated heterocycles. The van der Waals surface area contributed by atoms with E-state index in [1.807, 2.05) is 36.4 Å². The number of fused-ring (bicyclic) bond motifs is 2. The summed E-state index contributed by atoms with van der Waals surface area (Å²) in [6.45, 7) is 0. The lowest BCUT2D eigenvalue weighted by Crippen LogP contribution is -2.38. The lowest BCUT2D eigenvalue weighted by molar-refractivity contribution is 0.0923. The second-order valence-corrected chi connectivity index (χ2v) is 8.68. The zero-order chi connectivity index (χ0) is 17.2. The molecule has 4 rings (SSSR count). The van der Waals surface area contributed by atoms with E-state index in [9.17, 15) is 4.79 Å². The molecule has 0 aliphatic heterocycles. The Morgan fingerprint density at radius 1 is 1.04 bits per heavy atom. The fraction of sp³-hybridized carbons (Fsp3) is 0.381. The molecule has 1 N–H and O–H groups in total. The van der Waals surface area contributed by atoms with Gasteiger partial charge in [-0.05, 0) is 73.1 Å². The first-order chi connectivity index (χ1) is 12.2. The van der Waals surface area contributed by atoms with E-state index in [0.717, 1.165) is 22.3 Å². The second kappa shape index (κ2) is 7.43. The maximum atomic E-state index is 12.5. The van der Waals surface area contributed by atoms with E-state index in [1.165, 1.54) is 36.1 Å². The molecule has 4 heteroatoms. The molecule has 3 atom stereocenters. The van der Waals surface area contributed by atoms with Crippen molar-refractivity contribution in [2.24, 2.45) is 11.8 Å². The molecule has 0 radical (unpaired) electrons. The minimum absolute atomic E-state index is 0.0782. The Kier molecular flexibility index (Phi) is 5.05. The second-order valence-electron chi connectivity index (χ2n) is 7.19. The predicted octanol–water partition coefficient (Wildman–Crippen LogP) is 5.55. The standard InChI is InChI=1S/C21H22ClNOS/c22-18-7-9-19(10-8-18)25-13-14-1-4-16(5-2-14)21(24)23-20-12-15-3-6-17(20)11-15/h1-2,4-5,7-10,15,17,20H,3,6,11-13H2,(H,23,24). The van der Waals surface area contributed by atoms with Crippen LogP contribution in [0.5, 0.6) is 0 Å². The number of rotatable bonds is 5. The predicted molar refractivity (Wildman–Crippen MR) is 104 cm³/mol. The maximum absolute atomic E-state index is 12.5. The van der Waals surface area contributed by atoms with Crippen LogP contribution >= 0.6 is 23.4 Å². The third-order valence-electron chi connectivity index (χ3n) is 5.49. The molecule has 3 unspecified atom stereocenters.